The number of aliphatic hydroxyl groups is 2. The number of hydrogen-bond donors (Lipinski definition) is 2. The van der Waals surface area contributed by atoms with E-state index in [2.05, 4.69) is 25.7 Å². The predicted molar refractivity (Wildman–Crippen MR) is 138 cm³/mol. The Morgan fingerprint density at radius 1 is 0.452 bits per heavy atom. The smallest absolute Gasteiger partial charge is 0.0667 e. The first-order chi connectivity index (χ1) is 15.1. The second kappa shape index (κ2) is 24.5. The zero-order chi connectivity index (χ0) is 23.0. The standard InChI is InChI=1S/C28H59NO2/c1-4-7-10-11-12-13-14-15-16-17-18-19-20-21-24-29(25-27(30)22-8-5-2)26-28(31)23-9-6-3/h27-28,30-31H,4-26H2,1-3H3. The molecule has 0 bridgehead atoms. The average Bonchev–Trinajstić information content (AvgIpc) is 2.76. The largest absolute Gasteiger partial charge is 0.392 e. The molecule has 3 nitrogen and oxygen atoms in total. The summed E-state index contributed by atoms with van der Waals surface area (Å²) in [4.78, 5) is 2.32. The molecule has 0 aliphatic heterocycles. The van der Waals surface area contributed by atoms with E-state index in [1.807, 2.05) is 0 Å². The highest BCUT2D eigenvalue weighted by atomic mass is 16.3. The highest BCUT2D eigenvalue weighted by molar-refractivity contribution is 4.69. The molecule has 0 aromatic heterocycles. The van der Waals surface area contributed by atoms with Gasteiger partial charge in [0.2, 0.25) is 0 Å². The van der Waals surface area contributed by atoms with Crippen molar-refractivity contribution in [1.29, 1.82) is 0 Å². The SMILES string of the molecule is CCCCCCCCCCCCCCCCN(CC(O)CCCC)CC(O)CCCC. The minimum atomic E-state index is -0.245. The summed E-state index contributed by atoms with van der Waals surface area (Å²) >= 11 is 0. The van der Waals surface area contributed by atoms with Crippen LogP contribution < -0.4 is 0 Å². The molecule has 188 valence electrons. The fraction of sp³-hybridized carbons (Fsp3) is 1.00. The lowest BCUT2D eigenvalue weighted by molar-refractivity contribution is 0.0600. The Labute approximate surface area is 196 Å². The maximum atomic E-state index is 10.3. The van der Waals surface area contributed by atoms with Crippen LogP contribution in [-0.2, 0) is 0 Å². The van der Waals surface area contributed by atoms with E-state index in [-0.39, 0.29) is 12.2 Å². The molecule has 0 heterocycles. The van der Waals surface area contributed by atoms with Gasteiger partial charge in [-0.25, -0.2) is 0 Å². The molecule has 31 heavy (non-hydrogen) atoms. The third-order valence-corrected chi connectivity index (χ3v) is 6.55. The molecule has 0 radical (unpaired) electrons. The molecule has 0 saturated heterocycles. The Kier molecular flexibility index (Phi) is 24.4. The molecule has 3 heteroatoms. The number of unbranched alkanes of at least 4 members (excludes halogenated alkanes) is 15. The molecule has 0 aromatic rings. The second-order valence-electron chi connectivity index (χ2n) is 9.95. The van der Waals surface area contributed by atoms with Crippen molar-refractivity contribution >= 4 is 0 Å². The first-order valence-electron chi connectivity index (χ1n) is 14.2. The monoisotopic (exact) mass is 441 g/mol. The van der Waals surface area contributed by atoms with Crippen molar-refractivity contribution in [3.05, 3.63) is 0 Å². The van der Waals surface area contributed by atoms with Crippen LogP contribution in [0.4, 0.5) is 0 Å². The van der Waals surface area contributed by atoms with Crippen LogP contribution >= 0.6 is 0 Å². The van der Waals surface area contributed by atoms with E-state index >= 15 is 0 Å². The van der Waals surface area contributed by atoms with Crippen LogP contribution in [0.1, 0.15) is 149 Å². The van der Waals surface area contributed by atoms with E-state index in [1.165, 1.54) is 89.9 Å². The minimum absolute atomic E-state index is 0.245. The van der Waals surface area contributed by atoms with E-state index in [4.69, 9.17) is 0 Å². The van der Waals surface area contributed by atoms with Gasteiger partial charge in [0.1, 0.15) is 0 Å². The Hall–Kier alpha value is -0.120. The molecule has 0 aliphatic carbocycles. The topological polar surface area (TPSA) is 43.7 Å². The summed E-state index contributed by atoms with van der Waals surface area (Å²) in [6, 6.07) is 0. The van der Waals surface area contributed by atoms with Gasteiger partial charge in [-0.05, 0) is 25.8 Å². The third-order valence-electron chi connectivity index (χ3n) is 6.55. The molecule has 0 spiro atoms. The molecule has 0 saturated carbocycles. The molecule has 2 N–H and O–H groups in total. The van der Waals surface area contributed by atoms with Crippen LogP contribution in [0.25, 0.3) is 0 Å². The van der Waals surface area contributed by atoms with Crippen LogP contribution in [0.15, 0.2) is 0 Å². The summed E-state index contributed by atoms with van der Waals surface area (Å²) in [7, 11) is 0. The van der Waals surface area contributed by atoms with E-state index < -0.39 is 0 Å². The lowest BCUT2D eigenvalue weighted by Crippen LogP contribution is -2.38. The lowest BCUT2D eigenvalue weighted by atomic mass is 10.0. The Morgan fingerprint density at radius 2 is 0.774 bits per heavy atom. The summed E-state index contributed by atoms with van der Waals surface area (Å²) in [5, 5.41) is 20.7. The van der Waals surface area contributed by atoms with Gasteiger partial charge < -0.3 is 10.2 Å². The molecule has 0 aliphatic rings. The van der Waals surface area contributed by atoms with Crippen LogP contribution in [0.3, 0.4) is 0 Å². The molecule has 0 rings (SSSR count). The van der Waals surface area contributed by atoms with Crippen LogP contribution in [0.2, 0.25) is 0 Å². The molecular formula is C28H59NO2. The van der Waals surface area contributed by atoms with Gasteiger partial charge in [-0.1, -0.05) is 130 Å². The Morgan fingerprint density at radius 3 is 1.13 bits per heavy atom. The number of hydrogen-bond acceptors (Lipinski definition) is 3. The van der Waals surface area contributed by atoms with Gasteiger partial charge >= 0.3 is 0 Å². The maximum absolute atomic E-state index is 10.3. The fourth-order valence-electron chi connectivity index (χ4n) is 4.45. The Balaban J connectivity index is 3.77. The van der Waals surface area contributed by atoms with Gasteiger partial charge in [0.25, 0.3) is 0 Å². The second-order valence-corrected chi connectivity index (χ2v) is 9.95. The van der Waals surface area contributed by atoms with Crippen molar-refractivity contribution in [1.82, 2.24) is 4.90 Å². The predicted octanol–water partition coefficient (Wildman–Crippen LogP) is 7.87. The van der Waals surface area contributed by atoms with Crippen LogP contribution in [-0.4, -0.2) is 47.0 Å². The van der Waals surface area contributed by atoms with Gasteiger partial charge in [0.15, 0.2) is 0 Å². The van der Waals surface area contributed by atoms with Gasteiger partial charge in [-0.15, -0.1) is 0 Å². The summed E-state index contributed by atoms with van der Waals surface area (Å²) in [6.07, 6.45) is 25.1. The van der Waals surface area contributed by atoms with Crippen LogP contribution in [0.5, 0.6) is 0 Å². The molecule has 2 unspecified atom stereocenters. The van der Waals surface area contributed by atoms with Crippen molar-refractivity contribution in [2.45, 2.75) is 161 Å². The van der Waals surface area contributed by atoms with Crippen molar-refractivity contribution < 1.29 is 10.2 Å². The molecule has 2 atom stereocenters. The van der Waals surface area contributed by atoms with E-state index in [1.54, 1.807) is 0 Å². The highest BCUT2D eigenvalue weighted by Gasteiger charge is 2.15. The van der Waals surface area contributed by atoms with Gasteiger partial charge in [-0.2, -0.15) is 0 Å². The first-order valence-corrected chi connectivity index (χ1v) is 14.2. The zero-order valence-electron chi connectivity index (χ0n) is 21.8. The first kappa shape index (κ1) is 30.9. The van der Waals surface area contributed by atoms with Gasteiger partial charge in [0, 0.05) is 13.1 Å². The van der Waals surface area contributed by atoms with E-state index in [0.717, 1.165) is 58.2 Å². The third kappa shape index (κ3) is 22.9. The molecule has 0 amide bonds. The summed E-state index contributed by atoms with van der Waals surface area (Å²) < 4.78 is 0. The molecule has 0 fully saturated rings. The van der Waals surface area contributed by atoms with Crippen LogP contribution in [0, 0.1) is 0 Å². The average molecular weight is 442 g/mol. The number of aliphatic hydroxyl groups excluding tert-OH is 2. The van der Waals surface area contributed by atoms with E-state index in [0.29, 0.717) is 0 Å². The number of nitrogens with zero attached hydrogens (tertiary/aromatic N) is 1. The maximum Gasteiger partial charge on any atom is 0.0667 e. The van der Waals surface area contributed by atoms with Crippen molar-refractivity contribution in [3.8, 4) is 0 Å². The van der Waals surface area contributed by atoms with Gasteiger partial charge in [0.05, 0.1) is 12.2 Å². The molecular weight excluding hydrogens is 382 g/mol. The summed E-state index contributed by atoms with van der Waals surface area (Å²) in [5.74, 6) is 0. The highest BCUT2D eigenvalue weighted by Crippen LogP contribution is 2.14. The lowest BCUT2D eigenvalue weighted by Gasteiger charge is -2.27. The zero-order valence-corrected chi connectivity index (χ0v) is 21.8. The summed E-state index contributed by atoms with van der Waals surface area (Å²) in [5.41, 5.74) is 0. The van der Waals surface area contributed by atoms with Gasteiger partial charge in [-0.3, -0.25) is 4.90 Å². The normalized spacial score (nSPS) is 13.7. The van der Waals surface area contributed by atoms with Crippen molar-refractivity contribution in [2.75, 3.05) is 19.6 Å². The Bertz CT molecular complexity index is 321. The minimum Gasteiger partial charge on any atom is -0.392 e. The quantitative estimate of drug-likeness (QED) is 0.142. The summed E-state index contributed by atoms with van der Waals surface area (Å²) in [6.45, 7) is 9.10. The van der Waals surface area contributed by atoms with Crippen molar-refractivity contribution in [2.24, 2.45) is 0 Å². The van der Waals surface area contributed by atoms with Crippen molar-refractivity contribution in [3.63, 3.8) is 0 Å². The number of rotatable bonds is 25. The molecule has 0 aromatic carbocycles. The fourth-order valence-corrected chi connectivity index (χ4v) is 4.45. The van der Waals surface area contributed by atoms with E-state index in [9.17, 15) is 10.2 Å².